The smallest absolute Gasteiger partial charge is 0.263 e. The topological polar surface area (TPSA) is 48.4 Å². The number of benzene rings is 3. The second-order valence-electron chi connectivity index (χ2n) is 10.4. The minimum atomic E-state index is -2.58. The number of hydrogen-bond acceptors (Lipinski definition) is 4. The van der Waals surface area contributed by atoms with E-state index in [1.807, 2.05) is 52.0 Å². The van der Waals surface area contributed by atoms with Crippen molar-refractivity contribution >= 4 is 27.5 Å². The van der Waals surface area contributed by atoms with Gasteiger partial charge in [0.2, 0.25) is 0 Å². The molecule has 0 spiro atoms. The molecule has 0 saturated heterocycles. The van der Waals surface area contributed by atoms with Crippen LogP contribution in [-0.4, -0.2) is 23.0 Å². The summed E-state index contributed by atoms with van der Waals surface area (Å²) in [4.78, 5) is 17.7. The standard InChI is InChI=1S/C30H29F2NO3/c1-16-14-20-15-19(29(31)32)6-7-21(20)26(24(16)28(17(2)34)36-30(3,4)5)22-8-9-23-25-18(11-13-35-23)10-12-33-27(22)25/h6-10,12,14-15,28-29H,11,13H2,1-5H3. The van der Waals surface area contributed by atoms with Gasteiger partial charge >= 0.3 is 0 Å². The van der Waals surface area contributed by atoms with Crippen molar-refractivity contribution in [2.75, 3.05) is 6.61 Å². The van der Waals surface area contributed by atoms with Crippen LogP contribution < -0.4 is 4.74 Å². The number of nitrogens with zero attached hydrogens (tertiary/aromatic N) is 1. The fourth-order valence-electron chi connectivity index (χ4n) is 5.15. The second-order valence-corrected chi connectivity index (χ2v) is 10.4. The Bertz CT molecular complexity index is 1490. The lowest BCUT2D eigenvalue weighted by Crippen LogP contribution is -2.27. The number of Topliss-reactive ketones (excluding diaryl/α,β-unsaturated/α-hetero) is 1. The second kappa shape index (κ2) is 8.93. The molecule has 6 heteroatoms. The third kappa shape index (κ3) is 4.24. The molecular formula is C30H29F2NO3. The highest BCUT2D eigenvalue weighted by atomic mass is 19.3. The first kappa shape index (κ1) is 24.3. The summed E-state index contributed by atoms with van der Waals surface area (Å²) in [5.74, 6) is 0.646. The van der Waals surface area contributed by atoms with Crippen molar-refractivity contribution in [3.05, 3.63) is 70.9 Å². The summed E-state index contributed by atoms with van der Waals surface area (Å²) < 4.78 is 39.4. The fraction of sp³-hybridized carbons (Fsp3) is 0.333. The average Bonchev–Trinajstić information content (AvgIpc) is 2.81. The number of ketones is 1. The predicted molar refractivity (Wildman–Crippen MR) is 138 cm³/mol. The van der Waals surface area contributed by atoms with Crippen LogP contribution in [0.2, 0.25) is 0 Å². The molecule has 0 saturated carbocycles. The molecule has 1 atom stereocenters. The zero-order valence-corrected chi connectivity index (χ0v) is 21.1. The van der Waals surface area contributed by atoms with Crippen LogP contribution in [0, 0.1) is 6.92 Å². The Morgan fingerprint density at radius 3 is 2.58 bits per heavy atom. The van der Waals surface area contributed by atoms with Crippen molar-refractivity contribution in [1.82, 2.24) is 4.98 Å². The molecule has 186 valence electrons. The number of carbonyl (C=O) groups excluding carboxylic acids is 1. The molecule has 3 aromatic carbocycles. The Morgan fingerprint density at radius 1 is 1.11 bits per heavy atom. The summed E-state index contributed by atoms with van der Waals surface area (Å²) >= 11 is 0. The van der Waals surface area contributed by atoms with Gasteiger partial charge in [0.15, 0.2) is 5.78 Å². The van der Waals surface area contributed by atoms with Crippen molar-refractivity contribution < 1.29 is 23.0 Å². The quantitative estimate of drug-likeness (QED) is 0.288. The van der Waals surface area contributed by atoms with Gasteiger partial charge in [-0.2, -0.15) is 0 Å². The number of ether oxygens (including phenoxy) is 2. The van der Waals surface area contributed by atoms with Crippen LogP contribution >= 0.6 is 0 Å². The lowest BCUT2D eigenvalue weighted by atomic mass is 9.84. The molecule has 0 aliphatic carbocycles. The van der Waals surface area contributed by atoms with Crippen molar-refractivity contribution in [2.24, 2.45) is 0 Å². The Hall–Kier alpha value is -3.38. The average molecular weight is 490 g/mol. The molecule has 0 amide bonds. The van der Waals surface area contributed by atoms with Gasteiger partial charge in [0, 0.05) is 29.1 Å². The largest absolute Gasteiger partial charge is 0.493 e. The SMILES string of the molecule is CC(=O)C(OC(C)(C)C)c1c(C)cc2cc(C(F)F)ccc2c1-c1ccc2c3c(ccnc13)CCO2. The van der Waals surface area contributed by atoms with E-state index in [-0.39, 0.29) is 11.3 Å². The highest BCUT2D eigenvalue weighted by Gasteiger charge is 2.31. The van der Waals surface area contributed by atoms with Crippen LogP contribution in [0.5, 0.6) is 5.75 Å². The van der Waals surface area contributed by atoms with E-state index in [4.69, 9.17) is 14.5 Å². The number of fused-ring (bicyclic) bond motifs is 1. The number of pyridine rings is 1. The van der Waals surface area contributed by atoms with Gasteiger partial charge in [0.1, 0.15) is 11.9 Å². The van der Waals surface area contributed by atoms with Crippen molar-refractivity contribution in [3.63, 3.8) is 0 Å². The van der Waals surface area contributed by atoms with Crippen molar-refractivity contribution in [2.45, 2.75) is 59.2 Å². The molecule has 0 N–H and O–H groups in total. The van der Waals surface area contributed by atoms with Gasteiger partial charge in [-0.15, -0.1) is 0 Å². The molecule has 36 heavy (non-hydrogen) atoms. The third-order valence-corrected chi connectivity index (χ3v) is 6.60. The van der Waals surface area contributed by atoms with Crippen LogP contribution in [0.1, 0.15) is 62.5 Å². The van der Waals surface area contributed by atoms with Crippen LogP contribution in [0.15, 0.2) is 48.7 Å². The molecule has 0 bridgehead atoms. The van der Waals surface area contributed by atoms with Gasteiger partial charge in [-0.25, -0.2) is 8.78 Å². The molecule has 2 heterocycles. The van der Waals surface area contributed by atoms with Gasteiger partial charge in [-0.1, -0.05) is 18.2 Å². The summed E-state index contributed by atoms with van der Waals surface area (Å²) in [5.41, 5.74) is 4.40. The maximum atomic E-state index is 13.6. The zero-order chi connectivity index (χ0) is 25.8. The molecule has 1 unspecified atom stereocenters. The van der Waals surface area contributed by atoms with Crippen LogP contribution in [0.4, 0.5) is 8.78 Å². The predicted octanol–water partition coefficient (Wildman–Crippen LogP) is 7.68. The van der Waals surface area contributed by atoms with Crippen molar-refractivity contribution in [3.8, 4) is 16.9 Å². The fourth-order valence-corrected chi connectivity index (χ4v) is 5.15. The summed E-state index contributed by atoms with van der Waals surface area (Å²) in [7, 11) is 0. The Morgan fingerprint density at radius 2 is 1.89 bits per heavy atom. The Labute approximate surface area is 209 Å². The number of halogens is 2. The van der Waals surface area contributed by atoms with Crippen molar-refractivity contribution in [1.29, 1.82) is 0 Å². The Balaban J connectivity index is 1.91. The number of carbonyl (C=O) groups is 1. The van der Waals surface area contributed by atoms with Gasteiger partial charge in [0.05, 0.1) is 17.7 Å². The number of hydrogen-bond donors (Lipinski definition) is 0. The highest BCUT2D eigenvalue weighted by Crippen LogP contribution is 2.45. The highest BCUT2D eigenvalue weighted by molar-refractivity contribution is 6.09. The van der Waals surface area contributed by atoms with E-state index in [2.05, 4.69) is 0 Å². The maximum absolute atomic E-state index is 13.6. The first-order valence-electron chi connectivity index (χ1n) is 12.1. The zero-order valence-electron chi connectivity index (χ0n) is 21.1. The minimum absolute atomic E-state index is 0.0434. The van der Waals surface area contributed by atoms with Crippen LogP contribution in [-0.2, 0) is 16.0 Å². The molecule has 1 aliphatic heterocycles. The first-order valence-corrected chi connectivity index (χ1v) is 12.1. The normalized spacial score (nSPS) is 14.3. The van der Waals surface area contributed by atoms with E-state index in [0.717, 1.165) is 56.3 Å². The van der Waals surface area contributed by atoms with E-state index in [9.17, 15) is 13.6 Å². The lowest BCUT2D eigenvalue weighted by Gasteiger charge is -2.30. The molecule has 1 aliphatic rings. The summed E-state index contributed by atoms with van der Waals surface area (Å²) in [5, 5.41) is 2.39. The molecule has 1 aromatic heterocycles. The number of aromatic nitrogens is 1. The molecule has 5 rings (SSSR count). The van der Waals surface area contributed by atoms with Crippen LogP contribution in [0.25, 0.3) is 32.8 Å². The summed E-state index contributed by atoms with van der Waals surface area (Å²) in [6.45, 7) is 9.76. The van der Waals surface area contributed by atoms with Crippen LogP contribution in [0.3, 0.4) is 0 Å². The lowest BCUT2D eigenvalue weighted by molar-refractivity contribution is -0.138. The van der Waals surface area contributed by atoms with E-state index in [1.165, 1.54) is 19.1 Å². The van der Waals surface area contributed by atoms with Gasteiger partial charge < -0.3 is 9.47 Å². The Kier molecular flexibility index (Phi) is 6.03. The van der Waals surface area contributed by atoms with Gasteiger partial charge in [0.25, 0.3) is 6.43 Å². The molecular weight excluding hydrogens is 460 g/mol. The van der Waals surface area contributed by atoms with Gasteiger partial charge in [-0.05, 0) is 91.9 Å². The number of alkyl halides is 2. The maximum Gasteiger partial charge on any atom is 0.263 e. The third-order valence-electron chi connectivity index (χ3n) is 6.60. The molecule has 4 nitrogen and oxygen atoms in total. The number of rotatable bonds is 5. The molecule has 0 fully saturated rings. The van der Waals surface area contributed by atoms with E-state index < -0.39 is 18.1 Å². The summed E-state index contributed by atoms with van der Waals surface area (Å²) in [6, 6.07) is 12.4. The van der Waals surface area contributed by atoms with E-state index in [0.29, 0.717) is 12.0 Å². The number of aryl methyl sites for hydroxylation is 1. The first-order chi connectivity index (χ1) is 17.0. The molecule has 4 aromatic rings. The summed E-state index contributed by atoms with van der Waals surface area (Å²) in [6.07, 6.45) is -0.845. The van der Waals surface area contributed by atoms with E-state index in [1.54, 1.807) is 12.3 Å². The van der Waals surface area contributed by atoms with E-state index >= 15 is 0 Å². The molecule has 0 radical (unpaired) electrons. The minimum Gasteiger partial charge on any atom is -0.493 e. The monoisotopic (exact) mass is 489 g/mol. The van der Waals surface area contributed by atoms with Gasteiger partial charge in [-0.3, -0.25) is 9.78 Å².